The summed E-state index contributed by atoms with van der Waals surface area (Å²) in [6.07, 6.45) is 1.41. The van der Waals surface area contributed by atoms with Crippen molar-refractivity contribution in [3.05, 3.63) is 53.1 Å². The maximum Gasteiger partial charge on any atom is 0.246 e. The van der Waals surface area contributed by atoms with Crippen molar-refractivity contribution in [2.75, 3.05) is 22.1 Å². The van der Waals surface area contributed by atoms with Gasteiger partial charge in [-0.3, -0.25) is 9.59 Å². The van der Waals surface area contributed by atoms with Gasteiger partial charge in [0, 0.05) is 24.3 Å². The quantitative estimate of drug-likeness (QED) is 0.827. The SMILES string of the molecule is Cc1ccccc1NC(=O)C(C)Nc1ccc(N2CCCC2=O)c(Cl)c1. The Morgan fingerprint density at radius 3 is 2.65 bits per heavy atom. The third-order valence-electron chi connectivity index (χ3n) is 4.49. The predicted octanol–water partition coefficient (Wildman–Crippen LogP) is 4.21. The topological polar surface area (TPSA) is 61.4 Å². The van der Waals surface area contributed by atoms with Crippen molar-refractivity contribution in [2.45, 2.75) is 32.7 Å². The molecule has 0 radical (unpaired) electrons. The van der Waals surface area contributed by atoms with Crippen molar-refractivity contribution in [1.29, 1.82) is 0 Å². The fourth-order valence-corrected chi connectivity index (χ4v) is 3.27. The van der Waals surface area contributed by atoms with E-state index in [4.69, 9.17) is 11.6 Å². The first kappa shape index (κ1) is 18.3. The Bertz CT molecular complexity index is 838. The van der Waals surface area contributed by atoms with Crippen LogP contribution in [0.4, 0.5) is 17.1 Å². The molecule has 2 amide bonds. The van der Waals surface area contributed by atoms with Gasteiger partial charge >= 0.3 is 0 Å². The molecular weight excluding hydrogens is 350 g/mol. The van der Waals surface area contributed by atoms with E-state index >= 15 is 0 Å². The van der Waals surface area contributed by atoms with Crippen molar-refractivity contribution in [3.8, 4) is 0 Å². The highest BCUT2D eigenvalue weighted by atomic mass is 35.5. The highest BCUT2D eigenvalue weighted by Crippen LogP contribution is 2.31. The summed E-state index contributed by atoms with van der Waals surface area (Å²) in [6.45, 7) is 4.44. The molecule has 1 fully saturated rings. The average Bonchev–Trinajstić information content (AvgIpc) is 3.03. The first-order chi connectivity index (χ1) is 12.5. The minimum Gasteiger partial charge on any atom is -0.374 e. The smallest absolute Gasteiger partial charge is 0.246 e. The van der Waals surface area contributed by atoms with Crippen LogP contribution in [0.15, 0.2) is 42.5 Å². The van der Waals surface area contributed by atoms with Gasteiger partial charge in [-0.1, -0.05) is 29.8 Å². The number of aryl methyl sites for hydroxylation is 1. The zero-order valence-electron chi connectivity index (χ0n) is 14.9. The summed E-state index contributed by atoms with van der Waals surface area (Å²) in [7, 11) is 0. The van der Waals surface area contributed by atoms with Gasteiger partial charge in [0.2, 0.25) is 11.8 Å². The molecule has 0 aliphatic carbocycles. The number of carbonyl (C=O) groups is 2. The normalized spacial score (nSPS) is 15.0. The van der Waals surface area contributed by atoms with Gasteiger partial charge in [-0.15, -0.1) is 0 Å². The van der Waals surface area contributed by atoms with Gasteiger partial charge < -0.3 is 15.5 Å². The Morgan fingerprint density at radius 1 is 1.23 bits per heavy atom. The monoisotopic (exact) mass is 371 g/mol. The van der Waals surface area contributed by atoms with Crippen LogP contribution in [-0.2, 0) is 9.59 Å². The van der Waals surface area contributed by atoms with Gasteiger partial charge in [-0.05, 0) is 50.1 Å². The number of rotatable bonds is 5. The Hall–Kier alpha value is -2.53. The van der Waals surface area contributed by atoms with Crippen LogP contribution in [0.1, 0.15) is 25.3 Å². The number of anilines is 3. The zero-order valence-corrected chi connectivity index (χ0v) is 15.6. The number of halogens is 1. The molecule has 6 heteroatoms. The third kappa shape index (κ3) is 3.99. The van der Waals surface area contributed by atoms with E-state index in [1.807, 2.05) is 43.3 Å². The van der Waals surface area contributed by atoms with Gasteiger partial charge in [0.15, 0.2) is 0 Å². The number of hydrogen-bond acceptors (Lipinski definition) is 3. The standard InChI is InChI=1S/C20H22ClN3O2/c1-13-6-3-4-7-17(13)23-20(26)14(2)22-15-9-10-18(16(21)12-15)24-11-5-8-19(24)25/h3-4,6-7,9-10,12,14,22H,5,8,11H2,1-2H3,(H,23,26). The van der Waals surface area contributed by atoms with E-state index in [9.17, 15) is 9.59 Å². The summed E-state index contributed by atoms with van der Waals surface area (Å²) < 4.78 is 0. The van der Waals surface area contributed by atoms with Crippen LogP contribution < -0.4 is 15.5 Å². The molecule has 5 nitrogen and oxygen atoms in total. The van der Waals surface area contributed by atoms with Gasteiger partial charge in [-0.2, -0.15) is 0 Å². The lowest BCUT2D eigenvalue weighted by atomic mass is 10.2. The molecule has 1 aliphatic heterocycles. The Morgan fingerprint density at radius 2 is 2.00 bits per heavy atom. The van der Waals surface area contributed by atoms with E-state index in [0.717, 1.165) is 29.0 Å². The molecule has 1 saturated heterocycles. The molecule has 2 N–H and O–H groups in total. The van der Waals surface area contributed by atoms with Crippen LogP contribution in [0.2, 0.25) is 5.02 Å². The molecular formula is C20H22ClN3O2. The Labute approximate surface area is 158 Å². The summed E-state index contributed by atoms with van der Waals surface area (Å²) in [4.78, 5) is 26.0. The lowest BCUT2D eigenvalue weighted by Gasteiger charge is -2.20. The van der Waals surface area contributed by atoms with Crippen molar-refractivity contribution in [1.82, 2.24) is 0 Å². The van der Waals surface area contributed by atoms with E-state index in [1.54, 1.807) is 17.9 Å². The molecule has 3 rings (SSSR count). The molecule has 0 aromatic heterocycles. The van der Waals surface area contributed by atoms with E-state index in [-0.39, 0.29) is 11.8 Å². The molecule has 0 spiro atoms. The summed E-state index contributed by atoms with van der Waals surface area (Å²) in [5, 5.41) is 6.57. The van der Waals surface area contributed by atoms with Gasteiger partial charge in [0.1, 0.15) is 6.04 Å². The van der Waals surface area contributed by atoms with Crippen molar-refractivity contribution < 1.29 is 9.59 Å². The maximum atomic E-state index is 12.4. The number of carbonyl (C=O) groups excluding carboxylic acids is 2. The van der Waals surface area contributed by atoms with E-state index < -0.39 is 6.04 Å². The van der Waals surface area contributed by atoms with Gasteiger partial charge in [0.25, 0.3) is 0 Å². The van der Waals surface area contributed by atoms with Crippen LogP contribution >= 0.6 is 11.6 Å². The van der Waals surface area contributed by atoms with Crippen LogP contribution in [0.5, 0.6) is 0 Å². The third-order valence-corrected chi connectivity index (χ3v) is 4.79. The first-order valence-corrected chi connectivity index (χ1v) is 9.06. The maximum absolute atomic E-state index is 12.4. The predicted molar refractivity (Wildman–Crippen MR) is 106 cm³/mol. The number of nitrogens with one attached hydrogen (secondary N) is 2. The molecule has 1 unspecified atom stereocenters. The minimum absolute atomic E-state index is 0.0959. The highest BCUT2D eigenvalue weighted by Gasteiger charge is 2.24. The first-order valence-electron chi connectivity index (χ1n) is 8.68. The lowest BCUT2D eigenvalue weighted by molar-refractivity contribution is -0.117. The number of para-hydroxylation sites is 1. The van der Waals surface area contributed by atoms with Crippen LogP contribution in [0.25, 0.3) is 0 Å². The van der Waals surface area contributed by atoms with Gasteiger partial charge in [0.05, 0.1) is 10.7 Å². The zero-order chi connectivity index (χ0) is 18.7. The van der Waals surface area contributed by atoms with Crippen LogP contribution in [0, 0.1) is 6.92 Å². The number of nitrogens with zero attached hydrogens (tertiary/aromatic N) is 1. The molecule has 2 aromatic rings. The number of amides is 2. The van der Waals surface area contributed by atoms with E-state index in [1.165, 1.54) is 0 Å². The summed E-state index contributed by atoms with van der Waals surface area (Å²) in [5.74, 6) is -0.0344. The second-order valence-electron chi connectivity index (χ2n) is 6.49. The molecule has 1 heterocycles. The molecule has 1 aliphatic rings. The lowest BCUT2D eigenvalue weighted by Crippen LogP contribution is -2.32. The largest absolute Gasteiger partial charge is 0.374 e. The van der Waals surface area contributed by atoms with Crippen molar-refractivity contribution in [2.24, 2.45) is 0 Å². The van der Waals surface area contributed by atoms with Crippen molar-refractivity contribution >= 4 is 40.5 Å². The fraction of sp³-hybridized carbons (Fsp3) is 0.300. The molecule has 2 aromatic carbocycles. The Kier molecular flexibility index (Phi) is 5.47. The molecule has 0 bridgehead atoms. The van der Waals surface area contributed by atoms with E-state index in [0.29, 0.717) is 18.0 Å². The van der Waals surface area contributed by atoms with Crippen LogP contribution in [-0.4, -0.2) is 24.4 Å². The number of benzene rings is 2. The summed E-state index contributed by atoms with van der Waals surface area (Å²) >= 11 is 6.35. The van der Waals surface area contributed by atoms with Crippen LogP contribution in [0.3, 0.4) is 0 Å². The fourth-order valence-electron chi connectivity index (χ4n) is 2.99. The summed E-state index contributed by atoms with van der Waals surface area (Å²) in [6, 6.07) is 12.6. The number of hydrogen-bond donors (Lipinski definition) is 2. The van der Waals surface area contributed by atoms with Crippen molar-refractivity contribution in [3.63, 3.8) is 0 Å². The summed E-state index contributed by atoms with van der Waals surface area (Å²) in [5.41, 5.74) is 3.26. The minimum atomic E-state index is -0.440. The van der Waals surface area contributed by atoms with Gasteiger partial charge in [-0.25, -0.2) is 0 Å². The molecule has 0 saturated carbocycles. The highest BCUT2D eigenvalue weighted by molar-refractivity contribution is 6.34. The molecule has 136 valence electrons. The molecule has 1 atom stereocenters. The second kappa shape index (κ2) is 7.79. The average molecular weight is 372 g/mol. The molecule has 26 heavy (non-hydrogen) atoms. The Balaban J connectivity index is 1.66. The second-order valence-corrected chi connectivity index (χ2v) is 6.89. The van der Waals surface area contributed by atoms with E-state index in [2.05, 4.69) is 10.6 Å².